The fraction of sp³-hybridized carbons (Fsp3) is 0.385. The Morgan fingerprint density at radius 3 is 2.88 bits per heavy atom. The van der Waals surface area contributed by atoms with Crippen LogP contribution in [0.2, 0.25) is 0 Å². The summed E-state index contributed by atoms with van der Waals surface area (Å²) in [5.41, 5.74) is 2.10. The van der Waals surface area contributed by atoms with Crippen LogP contribution in [-0.4, -0.2) is 17.8 Å². The van der Waals surface area contributed by atoms with E-state index in [1.165, 1.54) is 5.56 Å². The number of hydrogen-bond donors (Lipinski definition) is 2. The van der Waals surface area contributed by atoms with E-state index >= 15 is 0 Å². The molecule has 2 N–H and O–H groups in total. The van der Waals surface area contributed by atoms with Gasteiger partial charge in [-0.15, -0.1) is 0 Å². The molecule has 0 bridgehead atoms. The molecule has 0 aliphatic carbocycles. The van der Waals surface area contributed by atoms with E-state index in [9.17, 15) is 5.11 Å². The number of hydrogen-bond acceptors (Lipinski definition) is 3. The number of fused-ring (bicyclic) bond motifs is 1. The Labute approximate surface area is 95.1 Å². The summed E-state index contributed by atoms with van der Waals surface area (Å²) >= 11 is 0. The van der Waals surface area contributed by atoms with Crippen LogP contribution in [0.15, 0.2) is 28.7 Å². The van der Waals surface area contributed by atoms with Gasteiger partial charge in [0.2, 0.25) is 0 Å². The summed E-state index contributed by atoms with van der Waals surface area (Å²) in [7, 11) is 0. The van der Waals surface area contributed by atoms with E-state index in [-0.39, 0.29) is 6.10 Å². The first-order valence-corrected chi connectivity index (χ1v) is 5.54. The van der Waals surface area contributed by atoms with Crippen molar-refractivity contribution < 1.29 is 9.52 Å². The molecule has 0 spiro atoms. The van der Waals surface area contributed by atoms with Crippen LogP contribution in [0.5, 0.6) is 0 Å². The van der Waals surface area contributed by atoms with Crippen LogP contribution in [0.4, 0.5) is 0 Å². The maximum Gasteiger partial charge on any atom is 0.134 e. The summed E-state index contributed by atoms with van der Waals surface area (Å²) in [6, 6.07) is 8.01. The molecule has 3 heteroatoms. The lowest BCUT2D eigenvalue weighted by molar-refractivity contribution is 0.191. The van der Waals surface area contributed by atoms with E-state index in [4.69, 9.17) is 4.42 Å². The molecule has 0 saturated heterocycles. The van der Waals surface area contributed by atoms with Crippen molar-refractivity contribution in [3.8, 4) is 0 Å². The van der Waals surface area contributed by atoms with Gasteiger partial charge in [0.05, 0.1) is 6.10 Å². The molecule has 0 radical (unpaired) electrons. The fourth-order valence-corrected chi connectivity index (χ4v) is 1.85. The second kappa shape index (κ2) is 4.68. The average molecular weight is 219 g/mol. The first-order chi connectivity index (χ1) is 7.68. The topological polar surface area (TPSA) is 45.4 Å². The van der Waals surface area contributed by atoms with E-state index in [1.807, 2.05) is 25.1 Å². The first-order valence-electron chi connectivity index (χ1n) is 5.54. The normalized spacial score (nSPS) is 13.2. The summed E-state index contributed by atoms with van der Waals surface area (Å²) in [5, 5.41) is 13.5. The van der Waals surface area contributed by atoms with Crippen molar-refractivity contribution in [1.82, 2.24) is 5.32 Å². The third kappa shape index (κ3) is 2.26. The maximum absolute atomic E-state index is 9.18. The second-order valence-electron chi connectivity index (χ2n) is 4.11. The highest BCUT2D eigenvalue weighted by Crippen LogP contribution is 2.24. The molecule has 2 aromatic rings. The van der Waals surface area contributed by atoms with Crippen LogP contribution in [0.3, 0.4) is 0 Å². The average Bonchev–Trinajstić information content (AvgIpc) is 2.55. The van der Waals surface area contributed by atoms with Gasteiger partial charge in [-0.25, -0.2) is 0 Å². The SMILES string of the molecule is Cc1oc2ccccc2c1CNC[C@@H](C)O. The summed E-state index contributed by atoms with van der Waals surface area (Å²) < 4.78 is 5.65. The van der Waals surface area contributed by atoms with Crippen molar-refractivity contribution >= 4 is 11.0 Å². The molecule has 1 aromatic carbocycles. The number of aryl methyl sites for hydroxylation is 1. The van der Waals surface area contributed by atoms with Gasteiger partial charge in [-0.3, -0.25) is 0 Å². The van der Waals surface area contributed by atoms with Crippen molar-refractivity contribution in [2.24, 2.45) is 0 Å². The monoisotopic (exact) mass is 219 g/mol. The predicted molar refractivity (Wildman–Crippen MR) is 64.3 cm³/mol. The molecule has 0 unspecified atom stereocenters. The van der Waals surface area contributed by atoms with Crippen molar-refractivity contribution in [2.75, 3.05) is 6.54 Å². The highest BCUT2D eigenvalue weighted by atomic mass is 16.3. The molecule has 0 aliphatic rings. The Kier molecular flexibility index (Phi) is 3.27. The van der Waals surface area contributed by atoms with Crippen LogP contribution in [0.1, 0.15) is 18.2 Å². The fourth-order valence-electron chi connectivity index (χ4n) is 1.85. The Bertz CT molecular complexity index is 474. The summed E-state index contributed by atoms with van der Waals surface area (Å²) in [6.45, 7) is 5.07. The molecule has 1 atom stereocenters. The van der Waals surface area contributed by atoms with Crippen LogP contribution in [0, 0.1) is 6.92 Å². The summed E-state index contributed by atoms with van der Waals surface area (Å²) in [4.78, 5) is 0. The summed E-state index contributed by atoms with van der Waals surface area (Å²) in [5.74, 6) is 0.944. The number of para-hydroxylation sites is 1. The van der Waals surface area contributed by atoms with Gasteiger partial charge >= 0.3 is 0 Å². The molecule has 0 fully saturated rings. The van der Waals surface area contributed by atoms with Crippen LogP contribution in [0.25, 0.3) is 11.0 Å². The molecule has 0 amide bonds. The molecular formula is C13H17NO2. The number of furan rings is 1. The number of benzene rings is 1. The molecule has 1 heterocycles. The van der Waals surface area contributed by atoms with Gasteiger partial charge in [-0.1, -0.05) is 18.2 Å². The third-order valence-electron chi connectivity index (χ3n) is 2.64. The van der Waals surface area contributed by atoms with Crippen LogP contribution >= 0.6 is 0 Å². The van der Waals surface area contributed by atoms with Gasteiger partial charge in [-0.05, 0) is 19.9 Å². The Morgan fingerprint density at radius 2 is 2.12 bits per heavy atom. The zero-order valence-corrected chi connectivity index (χ0v) is 9.66. The number of nitrogens with one attached hydrogen (secondary N) is 1. The standard InChI is InChI=1S/C13H17NO2/c1-9(15)7-14-8-12-10(2)16-13-6-4-3-5-11(12)13/h3-6,9,14-15H,7-8H2,1-2H3/t9-/m1/s1. The molecule has 3 nitrogen and oxygen atoms in total. The highest BCUT2D eigenvalue weighted by molar-refractivity contribution is 5.82. The smallest absolute Gasteiger partial charge is 0.134 e. The minimum Gasteiger partial charge on any atom is -0.461 e. The van der Waals surface area contributed by atoms with Gasteiger partial charge in [0.1, 0.15) is 11.3 Å². The second-order valence-corrected chi connectivity index (χ2v) is 4.11. The van der Waals surface area contributed by atoms with Crippen molar-refractivity contribution in [2.45, 2.75) is 26.5 Å². The van der Waals surface area contributed by atoms with E-state index < -0.39 is 0 Å². The lowest BCUT2D eigenvalue weighted by Gasteiger charge is -2.06. The molecular weight excluding hydrogens is 202 g/mol. The zero-order chi connectivity index (χ0) is 11.5. The molecule has 86 valence electrons. The van der Waals surface area contributed by atoms with Gasteiger partial charge in [0.25, 0.3) is 0 Å². The molecule has 1 aromatic heterocycles. The Balaban J connectivity index is 2.19. The van der Waals surface area contributed by atoms with Crippen molar-refractivity contribution in [1.29, 1.82) is 0 Å². The van der Waals surface area contributed by atoms with E-state index in [1.54, 1.807) is 6.92 Å². The van der Waals surface area contributed by atoms with Gasteiger partial charge in [0.15, 0.2) is 0 Å². The van der Waals surface area contributed by atoms with Crippen LogP contribution < -0.4 is 5.32 Å². The number of rotatable bonds is 4. The largest absolute Gasteiger partial charge is 0.461 e. The van der Waals surface area contributed by atoms with Gasteiger partial charge in [0, 0.05) is 24.0 Å². The Hall–Kier alpha value is -1.32. The molecule has 0 aliphatic heterocycles. The molecule has 2 rings (SSSR count). The van der Waals surface area contributed by atoms with Gasteiger partial charge < -0.3 is 14.8 Å². The van der Waals surface area contributed by atoms with Gasteiger partial charge in [-0.2, -0.15) is 0 Å². The van der Waals surface area contributed by atoms with E-state index in [2.05, 4.69) is 11.4 Å². The maximum atomic E-state index is 9.18. The predicted octanol–water partition coefficient (Wildman–Crippen LogP) is 2.21. The quantitative estimate of drug-likeness (QED) is 0.828. The highest BCUT2D eigenvalue weighted by Gasteiger charge is 2.09. The molecule has 0 saturated carbocycles. The zero-order valence-electron chi connectivity index (χ0n) is 9.66. The first kappa shape index (κ1) is 11.2. The Morgan fingerprint density at radius 1 is 1.38 bits per heavy atom. The molecule has 16 heavy (non-hydrogen) atoms. The van der Waals surface area contributed by atoms with E-state index in [0.29, 0.717) is 6.54 Å². The van der Waals surface area contributed by atoms with Crippen molar-refractivity contribution in [3.05, 3.63) is 35.6 Å². The minimum absolute atomic E-state index is 0.321. The number of aliphatic hydroxyl groups is 1. The lowest BCUT2D eigenvalue weighted by atomic mass is 10.1. The minimum atomic E-state index is -0.321. The summed E-state index contributed by atoms with van der Waals surface area (Å²) in [6.07, 6.45) is -0.321. The van der Waals surface area contributed by atoms with Crippen LogP contribution in [-0.2, 0) is 6.54 Å². The van der Waals surface area contributed by atoms with Crippen molar-refractivity contribution in [3.63, 3.8) is 0 Å². The van der Waals surface area contributed by atoms with E-state index in [0.717, 1.165) is 23.3 Å². The third-order valence-corrected chi connectivity index (χ3v) is 2.64. The number of aliphatic hydroxyl groups excluding tert-OH is 1. The lowest BCUT2D eigenvalue weighted by Crippen LogP contribution is -2.23.